The van der Waals surface area contributed by atoms with Gasteiger partial charge in [-0.2, -0.15) is 0 Å². The lowest BCUT2D eigenvalue weighted by atomic mass is 9.86. The van der Waals surface area contributed by atoms with E-state index in [0.29, 0.717) is 5.92 Å². The average Bonchev–Trinajstić information content (AvgIpc) is 2.43. The molecule has 3 heteroatoms. The minimum absolute atomic E-state index is 0.125. The second-order valence-corrected chi connectivity index (χ2v) is 7.66. The number of carbonyl (C=O) groups excluding carboxylic acids is 1. The first-order valence-electron chi connectivity index (χ1n) is 9.03. The van der Waals surface area contributed by atoms with Crippen molar-refractivity contribution in [2.45, 2.75) is 86.3 Å². The van der Waals surface area contributed by atoms with Crippen LogP contribution in [0.1, 0.15) is 74.1 Å². The van der Waals surface area contributed by atoms with Gasteiger partial charge >= 0.3 is 0 Å². The predicted molar refractivity (Wildman–Crippen MR) is 97.1 cm³/mol. The Bertz CT molecular complexity index is 447. The van der Waals surface area contributed by atoms with Crippen molar-refractivity contribution in [2.75, 3.05) is 0 Å². The van der Waals surface area contributed by atoms with Crippen molar-refractivity contribution in [2.24, 2.45) is 11.3 Å². The van der Waals surface area contributed by atoms with E-state index in [0.717, 1.165) is 31.4 Å². The largest absolute Gasteiger partial charge is 0.495 e. The van der Waals surface area contributed by atoms with Gasteiger partial charge in [0.15, 0.2) is 0 Å². The van der Waals surface area contributed by atoms with Crippen LogP contribution in [-0.4, -0.2) is 18.1 Å². The molecule has 0 aromatic carbocycles. The Morgan fingerprint density at radius 3 is 2.26 bits per heavy atom. The number of amides is 1. The molecule has 1 aliphatic rings. The van der Waals surface area contributed by atoms with Gasteiger partial charge in [-0.1, -0.05) is 46.8 Å². The molecule has 132 valence electrons. The third-order valence-corrected chi connectivity index (χ3v) is 4.63. The summed E-state index contributed by atoms with van der Waals surface area (Å²) in [6.07, 6.45) is 8.58. The van der Waals surface area contributed by atoms with Crippen LogP contribution in [0.2, 0.25) is 0 Å². The second kappa shape index (κ2) is 8.56. The zero-order valence-electron chi connectivity index (χ0n) is 16.0. The molecule has 0 aromatic rings. The maximum atomic E-state index is 12.0. The van der Waals surface area contributed by atoms with Gasteiger partial charge < -0.3 is 10.1 Å². The molecule has 3 nitrogen and oxygen atoms in total. The van der Waals surface area contributed by atoms with E-state index in [1.54, 1.807) is 0 Å². The van der Waals surface area contributed by atoms with E-state index in [2.05, 4.69) is 45.2 Å². The van der Waals surface area contributed by atoms with Gasteiger partial charge in [-0.25, -0.2) is 0 Å². The lowest BCUT2D eigenvalue weighted by molar-refractivity contribution is -0.130. The molecule has 0 spiro atoms. The summed E-state index contributed by atoms with van der Waals surface area (Å²) >= 11 is 0. The second-order valence-electron chi connectivity index (χ2n) is 7.66. The number of hydrogen-bond acceptors (Lipinski definition) is 2. The molecular weight excluding hydrogens is 286 g/mol. The molecule has 1 amide bonds. The molecule has 1 aliphatic carbocycles. The smallest absolute Gasteiger partial charge is 0.225 e. The lowest BCUT2D eigenvalue weighted by Crippen LogP contribution is -2.50. The third-order valence-electron chi connectivity index (χ3n) is 4.63. The van der Waals surface area contributed by atoms with Gasteiger partial charge in [-0.3, -0.25) is 4.79 Å². The maximum Gasteiger partial charge on any atom is 0.225 e. The van der Waals surface area contributed by atoms with Crippen LogP contribution in [0.5, 0.6) is 0 Å². The van der Waals surface area contributed by atoms with Gasteiger partial charge in [0.25, 0.3) is 0 Å². The van der Waals surface area contributed by atoms with Crippen molar-refractivity contribution in [3.63, 3.8) is 0 Å². The highest BCUT2D eigenvalue weighted by molar-refractivity contribution is 5.81. The fourth-order valence-corrected chi connectivity index (χ4v) is 2.95. The van der Waals surface area contributed by atoms with Crippen LogP contribution >= 0.6 is 0 Å². The third kappa shape index (κ3) is 5.71. The predicted octanol–water partition coefficient (Wildman–Crippen LogP) is 4.98. The van der Waals surface area contributed by atoms with Crippen molar-refractivity contribution in [1.29, 1.82) is 0 Å². The molecule has 0 radical (unpaired) electrons. The monoisotopic (exact) mass is 321 g/mol. The van der Waals surface area contributed by atoms with Crippen LogP contribution < -0.4 is 5.32 Å². The summed E-state index contributed by atoms with van der Waals surface area (Å²) in [5.74, 6) is 1.73. The van der Waals surface area contributed by atoms with Crippen LogP contribution in [-0.2, 0) is 9.53 Å². The van der Waals surface area contributed by atoms with Gasteiger partial charge in [0, 0.05) is 24.3 Å². The first-order valence-corrected chi connectivity index (χ1v) is 9.03. The van der Waals surface area contributed by atoms with Crippen molar-refractivity contribution in [1.82, 2.24) is 5.32 Å². The molecular formula is C20H35NO2. The molecule has 0 unspecified atom stereocenters. The fraction of sp³-hybridized carbons (Fsp3) is 0.750. The average molecular weight is 322 g/mol. The summed E-state index contributed by atoms with van der Waals surface area (Å²) in [7, 11) is 0. The quantitative estimate of drug-likeness (QED) is 0.530. The molecule has 1 rings (SSSR count). The Morgan fingerprint density at radius 2 is 1.83 bits per heavy atom. The Balaban J connectivity index is 2.57. The van der Waals surface area contributed by atoms with Crippen LogP contribution in [0, 0.1) is 11.3 Å². The highest BCUT2D eigenvalue weighted by atomic mass is 16.5. The van der Waals surface area contributed by atoms with Crippen molar-refractivity contribution < 1.29 is 9.53 Å². The topological polar surface area (TPSA) is 38.3 Å². The highest BCUT2D eigenvalue weighted by Crippen LogP contribution is 2.30. The summed E-state index contributed by atoms with van der Waals surface area (Å²) < 4.78 is 6.16. The minimum atomic E-state index is -0.323. The zero-order chi connectivity index (χ0) is 17.6. The lowest BCUT2D eigenvalue weighted by Gasteiger charge is -2.38. The zero-order valence-corrected chi connectivity index (χ0v) is 16.0. The van der Waals surface area contributed by atoms with E-state index in [4.69, 9.17) is 4.74 Å². The van der Waals surface area contributed by atoms with Gasteiger partial charge in [0.1, 0.15) is 6.10 Å². The highest BCUT2D eigenvalue weighted by Gasteiger charge is 2.34. The number of allylic oxidation sites excluding steroid dienone is 4. The Kier molecular flexibility index (Phi) is 7.37. The van der Waals surface area contributed by atoms with Gasteiger partial charge in [0.05, 0.1) is 5.76 Å². The molecule has 0 aliphatic heterocycles. The molecule has 1 fully saturated rings. The number of nitrogens with one attached hydrogen (secondary N) is 1. The summed E-state index contributed by atoms with van der Waals surface area (Å²) in [6.45, 7) is 14.4. The van der Waals surface area contributed by atoms with E-state index in [1.165, 1.54) is 5.57 Å². The SMILES string of the molecule is C/C=C\C(=C(/C)OC1CC(NC(=O)C(C)(C)C)C1)C(CC)CC. The molecule has 1 N–H and O–H groups in total. The molecule has 1 saturated carbocycles. The van der Waals surface area contributed by atoms with E-state index < -0.39 is 0 Å². The summed E-state index contributed by atoms with van der Waals surface area (Å²) in [4.78, 5) is 12.0. The van der Waals surface area contributed by atoms with E-state index in [-0.39, 0.29) is 23.5 Å². The Labute approximate surface area is 142 Å². The number of rotatable bonds is 7. The summed E-state index contributed by atoms with van der Waals surface area (Å²) in [5.41, 5.74) is 0.996. The van der Waals surface area contributed by atoms with Gasteiger partial charge in [0.2, 0.25) is 5.91 Å². The molecule has 0 aromatic heterocycles. The van der Waals surface area contributed by atoms with E-state index in [1.807, 2.05) is 20.8 Å². The van der Waals surface area contributed by atoms with Crippen molar-refractivity contribution in [3.8, 4) is 0 Å². The molecule has 0 heterocycles. The Hall–Kier alpha value is -1.25. The number of carbonyl (C=O) groups is 1. The molecule has 0 atom stereocenters. The first-order chi connectivity index (χ1) is 10.7. The molecule has 0 bridgehead atoms. The van der Waals surface area contributed by atoms with Crippen LogP contribution in [0.15, 0.2) is 23.5 Å². The summed E-state index contributed by atoms with van der Waals surface area (Å²) in [5, 5.41) is 3.11. The van der Waals surface area contributed by atoms with Crippen LogP contribution in [0.4, 0.5) is 0 Å². The van der Waals surface area contributed by atoms with E-state index >= 15 is 0 Å². The number of ether oxygens (including phenoxy) is 1. The number of hydrogen-bond donors (Lipinski definition) is 1. The summed E-state index contributed by atoms with van der Waals surface area (Å²) in [6, 6.07) is 0.262. The first kappa shape index (κ1) is 19.8. The minimum Gasteiger partial charge on any atom is -0.495 e. The Morgan fingerprint density at radius 1 is 1.26 bits per heavy atom. The standard InChI is InChI=1S/C20H35NO2/c1-8-11-18(15(9-2)10-3)14(4)23-17-12-16(13-17)21-19(22)20(5,6)7/h8,11,15-17H,9-10,12-13H2,1-7H3,(H,21,22)/b11-8-,18-14-. The van der Waals surface area contributed by atoms with Crippen molar-refractivity contribution in [3.05, 3.63) is 23.5 Å². The van der Waals surface area contributed by atoms with Crippen molar-refractivity contribution >= 4 is 5.91 Å². The van der Waals surface area contributed by atoms with E-state index in [9.17, 15) is 4.79 Å². The van der Waals surface area contributed by atoms with Crippen LogP contribution in [0.3, 0.4) is 0 Å². The fourth-order valence-electron chi connectivity index (χ4n) is 2.95. The normalized spacial score (nSPS) is 22.8. The molecule has 23 heavy (non-hydrogen) atoms. The van der Waals surface area contributed by atoms with Gasteiger partial charge in [-0.05, 0) is 38.2 Å². The maximum absolute atomic E-state index is 12.0. The van der Waals surface area contributed by atoms with Crippen LogP contribution in [0.25, 0.3) is 0 Å². The molecule has 0 saturated heterocycles. The van der Waals surface area contributed by atoms with Gasteiger partial charge in [-0.15, -0.1) is 0 Å².